The lowest BCUT2D eigenvalue weighted by atomic mass is 10.2. The third-order valence-corrected chi connectivity index (χ3v) is 2.24. The Kier molecular flexibility index (Phi) is 2.83. The minimum absolute atomic E-state index is 0.127. The maximum Gasteiger partial charge on any atom is 0.338 e. The summed E-state index contributed by atoms with van der Waals surface area (Å²) in [6.45, 7) is 0. The number of carbonyl (C=O) groups is 1. The summed E-state index contributed by atoms with van der Waals surface area (Å²) < 4.78 is 9.69. The second-order valence-electron chi connectivity index (χ2n) is 3.31. The van der Waals surface area contributed by atoms with Gasteiger partial charge in [-0.1, -0.05) is 42.5 Å². The van der Waals surface area contributed by atoms with Gasteiger partial charge in [0, 0.05) is 0 Å². The molecule has 0 aromatic heterocycles. The van der Waals surface area contributed by atoms with Crippen molar-refractivity contribution in [3.63, 3.8) is 0 Å². The molecule has 1 heterocycles. The molecule has 0 radical (unpaired) electrons. The van der Waals surface area contributed by atoms with Gasteiger partial charge in [0.15, 0.2) is 6.10 Å². The molecule has 1 aliphatic heterocycles. The summed E-state index contributed by atoms with van der Waals surface area (Å²) in [5, 5.41) is 0. The lowest BCUT2D eigenvalue weighted by Crippen LogP contribution is -2.10. The molecule has 3 nitrogen and oxygen atoms in total. The highest BCUT2D eigenvalue weighted by molar-refractivity contribution is 5.78. The Morgan fingerprint density at radius 3 is 2.80 bits per heavy atom. The Bertz CT molecular complexity index is 370. The molecule has 0 unspecified atom stereocenters. The first-order valence-electron chi connectivity index (χ1n) is 4.78. The zero-order chi connectivity index (χ0) is 10.7. The molecule has 1 saturated heterocycles. The van der Waals surface area contributed by atoms with Gasteiger partial charge >= 0.3 is 5.97 Å². The number of hydrogen-bond acceptors (Lipinski definition) is 3. The highest BCUT2D eigenvalue weighted by Gasteiger charge is 2.44. The Hall–Kier alpha value is -1.61. The van der Waals surface area contributed by atoms with E-state index in [-0.39, 0.29) is 12.1 Å². The van der Waals surface area contributed by atoms with E-state index in [4.69, 9.17) is 4.74 Å². The van der Waals surface area contributed by atoms with E-state index in [0.29, 0.717) is 0 Å². The third-order valence-electron chi connectivity index (χ3n) is 2.24. The van der Waals surface area contributed by atoms with Crippen LogP contribution < -0.4 is 0 Å². The van der Waals surface area contributed by atoms with Crippen LogP contribution in [0.3, 0.4) is 0 Å². The van der Waals surface area contributed by atoms with Crippen LogP contribution in [0, 0.1) is 0 Å². The van der Waals surface area contributed by atoms with Gasteiger partial charge in [0.1, 0.15) is 6.10 Å². The van der Waals surface area contributed by atoms with E-state index in [1.165, 1.54) is 7.11 Å². The van der Waals surface area contributed by atoms with Gasteiger partial charge < -0.3 is 9.47 Å². The fraction of sp³-hybridized carbons (Fsp3) is 0.250. The predicted molar refractivity (Wildman–Crippen MR) is 56.2 cm³/mol. The average molecular weight is 204 g/mol. The number of epoxide rings is 1. The molecule has 0 amide bonds. The van der Waals surface area contributed by atoms with Crippen molar-refractivity contribution in [2.45, 2.75) is 12.2 Å². The minimum atomic E-state index is -0.407. The smallest absolute Gasteiger partial charge is 0.338 e. The highest BCUT2D eigenvalue weighted by Crippen LogP contribution is 2.25. The fourth-order valence-electron chi connectivity index (χ4n) is 1.35. The van der Waals surface area contributed by atoms with E-state index in [1.807, 2.05) is 42.5 Å². The monoisotopic (exact) mass is 204 g/mol. The number of hydrogen-bond donors (Lipinski definition) is 0. The number of ether oxygens (including phenoxy) is 2. The summed E-state index contributed by atoms with van der Waals surface area (Å²) in [6.07, 6.45) is 3.28. The first-order chi connectivity index (χ1) is 7.31. The topological polar surface area (TPSA) is 38.8 Å². The normalized spacial score (nSPS) is 24.1. The Morgan fingerprint density at radius 2 is 2.13 bits per heavy atom. The minimum Gasteiger partial charge on any atom is -0.467 e. The molecule has 1 aromatic rings. The van der Waals surface area contributed by atoms with Crippen LogP contribution in [0.25, 0.3) is 6.08 Å². The first kappa shape index (κ1) is 9.93. The molecule has 1 aliphatic rings. The molecule has 0 N–H and O–H groups in total. The van der Waals surface area contributed by atoms with E-state index >= 15 is 0 Å². The summed E-state index contributed by atoms with van der Waals surface area (Å²) in [5.41, 5.74) is 1.09. The number of benzene rings is 1. The van der Waals surface area contributed by atoms with Gasteiger partial charge in [-0.05, 0) is 5.56 Å². The molecule has 0 saturated carbocycles. The second-order valence-corrected chi connectivity index (χ2v) is 3.31. The molecular weight excluding hydrogens is 192 g/mol. The Balaban J connectivity index is 1.90. The molecule has 1 aromatic carbocycles. The number of esters is 1. The van der Waals surface area contributed by atoms with Crippen molar-refractivity contribution in [2.24, 2.45) is 0 Å². The van der Waals surface area contributed by atoms with Crippen LogP contribution in [0.5, 0.6) is 0 Å². The second kappa shape index (κ2) is 4.28. The Morgan fingerprint density at radius 1 is 1.40 bits per heavy atom. The van der Waals surface area contributed by atoms with Crippen LogP contribution >= 0.6 is 0 Å². The lowest BCUT2D eigenvalue weighted by molar-refractivity contribution is -0.142. The standard InChI is InChI=1S/C12H12O3/c1-14-12(13)11-10(15-11)8-7-9-5-3-2-4-6-9/h2-8,10-11H,1H3/b8-7+/t10-,11+/m0/s1. The van der Waals surface area contributed by atoms with E-state index < -0.39 is 6.10 Å². The van der Waals surface area contributed by atoms with Crippen molar-refractivity contribution in [3.8, 4) is 0 Å². The lowest BCUT2D eigenvalue weighted by Gasteiger charge is -1.90. The number of methoxy groups -OCH3 is 1. The molecular formula is C12H12O3. The summed E-state index contributed by atoms with van der Waals surface area (Å²) in [7, 11) is 1.36. The molecule has 0 bridgehead atoms. The summed E-state index contributed by atoms with van der Waals surface area (Å²) in [6, 6.07) is 9.87. The van der Waals surface area contributed by atoms with Gasteiger partial charge in [0.05, 0.1) is 7.11 Å². The molecule has 78 valence electrons. The van der Waals surface area contributed by atoms with Crippen molar-refractivity contribution >= 4 is 12.0 Å². The maximum atomic E-state index is 11.0. The van der Waals surface area contributed by atoms with Gasteiger partial charge in [0.25, 0.3) is 0 Å². The van der Waals surface area contributed by atoms with E-state index in [1.54, 1.807) is 0 Å². The first-order valence-corrected chi connectivity index (χ1v) is 4.78. The SMILES string of the molecule is COC(=O)[C@@H]1O[C@H]1/C=C/c1ccccc1. The quantitative estimate of drug-likeness (QED) is 0.555. The zero-order valence-electron chi connectivity index (χ0n) is 8.42. The van der Waals surface area contributed by atoms with Crippen molar-refractivity contribution in [1.29, 1.82) is 0 Å². The fourth-order valence-corrected chi connectivity index (χ4v) is 1.35. The molecule has 0 spiro atoms. The van der Waals surface area contributed by atoms with Gasteiger partial charge in [-0.2, -0.15) is 0 Å². The van der Waals surface area contributed by atoms with Crippen molar-refractivity contribution in [1.82, 2.24) is 0 Å². The summed E-state index contributed by atoms with van der Waals surface area (Å²) >= 11 is 0. The highest BCUT2D eigenvalue weighted by atomic mass is 16.6. The number of rotatable bonds is 3. The van der Waals surface area contributed by atoms with Crippen LogP contribution in [-0.2, 0) is 14.3 Å². The third kappa shape index (κ3) is 2.44. The van der Waals surface area contributed by atoms with Gasteiger partial charge in [0.2, 0.25) is 0 Å². The van der Waals surface area contributed by atoms with Crippen LogP contribution in [-0.4, -0.2) is 25.3 Å². The molecule has 3 heteroatoms. The molecule has 2 rings (SSSR count). The van der Waals surface area contributed by atoms with Gasteiger partial charge in [-0.25, -0.2) is 4.79 Å². The van der Waals surface area contributed by atoms with Crippen LogP contribution in [0.4, 0.5) is 0 Å². The molecule has 0 aliphatic carbocycles. The molecule has 15 heavy (non-hydrogen) atoms. The van der Waals surface area contributed by atoms with Crippen LogP contribution in [0.2, 0.25) is 0 Å². The van der Waals surface area contributed by atoms with E-state index in [2.05, 4.69) is 4.74 Å². The van der Waals surface area contributed by atoms with Crippen molar-refractivity contribution in [3.05, 3.63) is 42.0 Å². The maximum absolute atomic E-state index is 11.0. The van der Waals surface area contributed by atoms with Crippen molar-refractivity contribution in [2.75, 3.05) is 7.11 Å². The van der Waals surface area contributed by atoms with Gasteiger partial charge in [-0.3, -0.25) is 0 Å². The van der Waals surface area contributed by atoms with E-state index in [0.717, 1.165) is 5.56 Å². The van der Waals surface area contributed by atoms with Crippen molar-refractivity contribution < 1.29 is 14.3 Å². The molecule has 1 fully saturated rings. The van der Waals surface area contributed by atoms with Crippen LogP contribution in [0.1, 0.15) is 5.56 Å². The van der Waals surface area contributed by atoms with Gasteiger partial charge in [-0.15, -0.1) is 0 Å². The summed E-state index contributed by atoms with van der Waals surface area (Å²) in [4.78, 5) is 11.0. The Labute approximate surface area is 88.3 Å². The number of carbonyl (C=O) groups excluding carboxylic acids is 1. The summed E-state index contributed by atoms with van der Waals surface area (Å²) in [5.74, 6) is -0.308. The largest absolute Gasteiger partial charge is 0.467 e. The van der Waals surface area contributed by atoms with E-state index in [9.17, 15) is 4.79 Å². The predicted octanol–water partition coefficient (Wildman–Crippen LogP) is 1.64. The van der Waals surface area contributed by atoms with Crippen LogP contribution in [0.15, 0.2) is 36.4 Å². The molecule has 2 atom stereocenters. The average Bonchev–Trinajstić information content (AvgIpc) is 3.06. The zero-order valence-corrected chi connectivity index (χ0v) is 8.42.